The monoisotopic (exact) mass is 299 g/mol. The summed E-state index contributed by atoms with van der Waals surface area (Å²) >= 11 is 1.64. The van der Waals surface area contributed by atoms with E-state index in [9.17, 15) is 0 Å². The van der Waals surface area contributed by atoms with Gasteiger partial charge in [0.2, 0.25) is 5.95 Å². The van der Waals surface area contributed by atoms with E-state index >= 15 is 0 Å². The molecule has 0 amide bonds. The van der Waals surface area contributed by atoms with E-state index < -0.39 is 0 Å². The van der Waals surface area contributed by atoms with Gasteiger partial charge in [0.25, 0.3) is 0 Å². The summed E-state index contributed by atoms with van der Waals surface area (Å²) in [7, 11) is 0. The third-order valence-corrected chi connectivity index (χ3v) is 5.16. The van der Waals surface area contributed by atoms with Crippen molar-refractivity contribution in [2.45, 2.75) is 38.5 Å². The number of aryl methyl sites for hydroxylation is 1. The number of aromatic amines is 1. The van der Waals surface area contributed by atoms with Crippen molar-refractivity contribution in [3.63, 3.8) is 0 Å². The second-order valence-corrected chi connectivity index (χ2v) is 6.50. The number of rotatable bonds is 3. The van der Waals surface area contributed by atoms with Crippen LogP contribution in [0.15, 0.2) is 17.6 Å². The lowest BCUT2D eigenvalue weighted by Gasteiger charge is -2.03. The van der Waals surface area contributed by atoms with Crippen molar-refractivity contribution in [1.82, 2.24) is 20.2 Å². The fraction of sp³-hybridized carbons (Fsp3) is 0.400. The zero-order chi connectivity index (χ0) is 14.2. The van der Waals surface area contributed by atoms with Gasteiger partial charge in [-0.25, -0.2) is 9.97 Å². The van der Waals surface area contributed by atoms with Crippen LogP contribution >= 0.6 is 11.3 Å². The highest BCUT2D eigenvalue weighted by Gasteiger charge is 2.19. The molecule has 108 valence electrons. The molecule has 0 aromatic carbocycles. The molecule has 21 heavy (non-hydrogen) atoms. The molecule has 3 aromatic heterocycles. The first kappa shape index (κ1) is 12.8. The maximum absolute atomic E-state index is 4.54. The van der Waals surface area contributed by atoms with Gasteiger partial charge in [-0.1, -0.05) is 12.8 Å². The number of thiophene rings is 1. The minimum atomic E-state index is 0.605. The number of nitrogens with one attached hydrogen (secondary N) is 2. The number of hydrogen-bond acceptors (Lipinski definition) is 5. The van der Waals surface area contributed by atoms with Crippen molar-refractivity contribution in [3.8, 4) is 0 Å². The highest BCUT2D eigenvalue weighted by Crippen LogP contribution is 2.34. The van der Waals surface area contributed by atoms with Crippen LogP contribution in [0.3, 0.4) is 0 Å². The van der Waals surface area contributed by atoms with Gasteiger partial charge in [-0.05, 0) is 30.7 Å². The molecule has 0 saturated heterocycles. The molecule has 0 unspecified atom stereocenters. The maximum Gasteiger partial charge on any atom is 0.229 e. The van der Waals surface area contributed by atoms with Gasteiger partial charge < -0.3 is 5.32 Å². The molecule has 3 heterocycles. The molecule has 0 radical (unpaired) electrons. The summed E-state index contributed by atoms with van der Waals surface area (Å²) in [5.41, 5.74) is 2.45. The standard InChI is InChI=1S/C15H17N5S/c1-9-8-21-14-11(9)7-16-15(18-14)17-13-6-12(19-20-13)10-4-2-3-5-10/h6-8,10H,2-5H2,1H3,(H2,16,17,18,19,20). The first-order valence-electron chi connectivity index (χ1n) is 7.33. The molecule has 0 aliphatic heterocycles. The van der Waals surface area contributed by atoms with E-state index in [2.05, 4.69) is 43.9 Å². The van der Waals surface area contributed by atoms with Gasteiger partial charge in [-0.3, -0.25) is 5.10 Å². The smallest absolute Gasteiger partial charge is 0.229 e. The van der Waals surface area contributed by atoms with Crippen LogP contribution in [0.2, 0.25) is 0 Å². The molecule has 1 aliphatic rings. The summed E-state index contributed by atoms with van der Waals surface area (Å²) in [6.45, 7) is 2.08. The second kappa shape index (κ2) is 5.11. The highest BCUT2D eigenvalue weighted by atomic mass is 32.1. The van der Waals surface area contributed by atoms with Gasteiger partial charge in [0.1, 0.15) is 4.83 Å². The van der Waals surface area contributed by atoms with Crippen molar-refractivity contribution in [3.05, 3.63) is 28.9 Å². The van der Waals surface area contributed by atoms with E-state index in [1.807, 2.05) is 6.20 Å². The molecule has 0 atom stereocenters. The van der Waals surface area contributed by atoms with Gasteiger partial charge in [0.05, 0.1) is 0 Å². The first-order valence-corrected chi connectivity index (χ1v) is 8.21. The summed E-state index contributed by atoms with van der Waals surface area (Å²) < 4.78 is 0. The zero-order valence-corrected chi connectivity index (χ0v) is 12.7. The number of H-pyrrole nitrogens is 1. The van der Waals surface area contributed by atoms with E-state index in [4.69, 9.17) is 0 Å². The predicted octanol–water partition coefficient (Wildman–Crippen LogP) is 4.12. The Labute approximate surface area is 126 Å². The third-order valence-electron chi connectivity index (χ3n) is 4.16. The van der Waals surface area contributed by atoms with E-state index in [0.717, 1.165) is 16.0 Å². The van der Waals surface area contributed by atoms with Gasteiger partial charge >= 0.3 is 0 Å². The average molecular weight is 299 g/mol. The normalized spacial score (nSPS) is 15.9. The SMILES string of the molecule is Cc1csc2nc(Nc3cc(C4CCCC4)[nH]n3)ncc12. The van der Waals surface area contributed by atoms with E-state index in [0.29, 0.717) is 11.9 Å². The molecule has 5 nitrogen and oxygen atoms in total. The molecular formula is C15H17N5S. The van der Waals surface area contributed by atoms with Crippen molar-refractivity contribution in [1.29, 1.82) is 0 Å². The number of anilines is 2. The van der Waals surface area contributed by atoms with Gasteiger partial charge in [0, 0.05) is 29.3 Å². The minimum Gasteiger partial charge on any atom is -0.307 e. The van der Waals surface area contributed by atoms with Crippen molar-refractivity contribution in [2.24, 2.45) is 0 Å². The van der Waals surface area contributed by atoms with Crippen LogP contribution in [0.25, 0.3) is 10.2 Å². The minimum absolute atomic E-state index is 0.605. The Balaban J connectivity index is 1.56. The Bertz CT molecular complexity index is 769. The molecule has 2 N–H and O–H groups in total. The highest BCUT2D eigenvalue weighted by molar-refractivity contribution is 7.16. The number of aromatic nitrogens is 4. The Hall–Kier alpha value is -1.95. The number of hydrogen-bond donors (Lipinski definition) is 2. The lowest BCUT2D eigenvalue weighted by atomic mass is 10.0. The fourth-order valence-corrected chi connectivity index (χ4v) is 3.85. The summed E-state index contributed by atoms with van der Waals surface area (Å²) in [5.74, 6) is 2.04. The van der Waals surface area contributed by atoms with E-state index in [1.54, 1.807) is 11.3 Å². The lowest BCUT2D eigenvalue weighted by Crippen LogP contribution is -1.96. The van der Waals surface area contributed by atoms with Gasteiger partial charge in [-0.15, -0.1) is 11.3 Å². The van der Waals surface area contributed by atoms with Crippen LogP contribution in [0.4, 0.5) is 11.8 Å². The summed E-state index contributed by atoms with van der Waals surface area (Å²) in [5, 5.41) is 13.9. The summed E-state index contributed by atoms with van der Waals surface area (Å²) in [4.78, 5) is 9.92. The third kappa shape index (κ3) is 2.40. The van der Waals surface area contributed by atoms with Crippen LogP contribution in [0, 0.1) is 6.92 Å². The Kier molecular flexibility index (Phi) is 3.11. The van der Waals surface area contributed by atoms with Crippen LogP contribution in [0.5, 0.6) is 0 Å². The molecular weight excluding hydrogens is 282 g/mol. The van der Waals surface area contributed by atoms with E-state index in [-0.39, 0.29) is 0 Å². The molecule has 6 heteroatoms. The molecule has 1 fully saturated rings. The average Bonchev–Trinajstić information content (AvgIpc) is 3.20. The summed E-state index contributed by atoms with van der Waals surface area (Å²) in [6, 6.07) is 2.09. The van der Waals surface area contributed by atoms with Crippen molar-refractivity contribution >= 4 is 33.3 Å². The van der Waals surface area contributed by atoms with Crippen LogP contribution in [-0.4, -0.2) is 20.2 Å². The van der Waals surface area contributed by atoms with Crippen molar-refractivity contribution < 1.29 is 0 Å². The van der Waals surface area contributed by atoms with Crippen LogP contribution in [0.1, 0.15) is 42.9 Å². The second-order valence-electron chi connectivity index (χ2n) is 5.65. The summed E-state index contributed by atoms with van der Waals surface area (Å²) in [6.07, 6.45) is 7.05. The quantitative estimate of drug-likeness (QED) is 0.763. The molecule has 1 saturated carbocycles. The molecule has 0 spiro atoms. The van der Waals surface area contributed by atoms with Crippen molar-refractivity contribution in [2.75, 3.05) is 5.32 Å². The number of nitrogens with zero attached hydrogens (tertiary/aromatic N) is 3. The Morgan fingerprint density at radius 2 is 2.19 bits per heavy atom. The van der Waals surface area contributed by atoms with E-state index in [1.165, 1.54) is 36.9 Å². The van der Waals surface area contributed by atoms with Crippen LogP contribution < -0.4 is 5.32 Å². The molecule has 1 aliphatic carbocycles. The maximum atomic E-state index is 4.54. The molecule has 0 bridgehead atoms. The van der Waals surface area contributed by atoms with Gasteiger partial charge in [0.15, 0.2) is 5.82 Å². The largest absolute Gasteiger partial charge is 0.307 e. The topological polar surface area (TPSA) is 66.5 Å². The number of fused-ring (bicyclic) bond motifs is 1. The van der Waals surface area contributed by atoms with Crippen LogP contribution in [-0.2, 0) is 0 Å². The predicted molar refractivity (Wildman–Crippen MR) is 85.2 cm³/mol. The lowest BCUT2D eigenvalue weighted by molar-refractivity contribution is 0.693. The zero-order valence-electron chi connectivity index (χ0n) is 11.9. The molecule has 3 aromatic rings. The Morgan fingerprint density at radius 3 is 3.05 bits per heavy atom. The van der Waals surface area contributed by atoms with Gasteiger partial charge in [-0.2, -0.15) is 5.10 Å². The first-order chi connectivity index (χ1) is 10.3. The molecule has 4 rings (SSSR count). The fourth-order valence-electron chi connectivity index (χ4n) is 2.96. The Morgan fingerprint density at radius 1 is 1.33 bits per heavy atom.